The van der Waals surface area contributed by atoms with E-state index in [-0.39, 0.29) is 12.1 Å². The molecule has 0 fully saturated rings. The molecule has 1 aliphatic heterocycles. The van der Waals surface area contributed by atoms with Gasteiger partial charge in [0.1, 0.15) is 5.75 Å². The zero-order valence-corrected chi connectivity index (χ0v) is 16.7. The molecular weight excluding hydrogens is 368 g/mol. The highest BCUT2D eigenvalue weighted by Crippen LogP contribution is 2.47. The maximum atomic E-state index is 13.3. The highest BCUT2D eigenvalue weighted by Gasteiger charge is 2.28. The molecular formula is C23H22N2O2S. The van der Waals surface area contributed by atoms with Crippen LogP contribution in [0.15, 0.2) is 82.6 Å². The molecule has 5 heteroatoms. The van der Waals surface area contributed by atoms with E-state index in [1.54, 1.807) is 16.7 Å². The van der Waals surface area contributed by atoms with Crippen molar-refractivity contribution in [1.29, 1.82) is 0 Å². The largest absolute Gasteiger partial charge is 0.494 e. The highest BCUT2D eigenvalue weighted by molar-refractivity contribution is 7.99. The van der Waals surface area contributed by atoms with Gasteiger partial charge in [-0.25, -0.2) is 4.79 Å². The van der Waals surface area contributed by atoms with Gasteiger partial charge in [0.15, 0.2) is 0 Å². The minimum atomic E-state index is -0.137. The fraction of sp³-hybridized carbons (Fsp3) is 0.174. The van der Waals surface area contributed by atoms with Gasteiger partial charge in [-0.3, -0.25) is 4.90 Å². The minimum Gasteiger partial charge on any atom is -0.494 e. The molecule has 4 nitrogen and oxygen atoms in total. The average molecular weight is 391 g/mol. The highest BCUT2D eigenvalue weighted by atomic mass is 32.2. The average Bonchev–Trinajstić information content (AvgIpc) is 2.72. The van der Waals surface area contributed by atoms with Gasteiger partial charge in [0.2, 0.25) is 0 Å². The summed E-state index contributed by atoms with van der Waals surface area (Å²) in [5.41, 5.74) is 2.84. The van der Waals surface area contributed by atoms with E-state index in [2.05, 4.69) is 5.32 Å². The molecule has 3 aromatic rings. The van der Waals surface area contributed by atoms with Crippen LogP contribution in [0.5, 0.6) is 5.75 Å². The van der Waals surface area contributed by atoms with Gasteiger partial charge in [-0.2, -0.15) is 0 Å². The Morgan fingerprint density at radius 1 is 0.964 bits per heavy atom. The number of ether oxygens (including phenoxy) is 1. The van der Waals surface area contributed by atoms with Crippen LogP contribution in [0.25, 0.3) is 0 Å². The molecule has 1 heterocycles. The van der Waals surface area contributed by atoms with Gasteiger partial charge in [-0.15, -0.1) is 0 Å². The van der Waals surface area contributed by atoms with Gasteiger partial charge < -0.3 is 10.1 Å². The van der Waals surface area contributed by atoms with Crippen LogP contribution in [-0.2, 0) is 0 Å². The van der Waals surface area contributed by atoms with Gasteiger partial charge in [-0.05, 0) is 55.8 Å². The number of urea groups is 1. The Morgan fingerprint density at radius 3 is 2.11 bits per heavy atom. The Labute approximate surface area is 169 Å². The Kier molecular flexibility index (Phi) is 5.26. The first-order valence-corrected chi connectivity index (χ1v) is 10.2. The molecule has 0 saturated heterocycles. The summed E-state index contributed by atoms with van der Waals surface area (Å²) in [4.78, 5) is 17.2. The van der Waals surface area contributed by atoms with Crippen LogP contribution in [0.1, 0.15) is 25.5 Å². The second-order valence-electron chi connectivity index (χ2n) is 6.55. The predicted octanol–water partition coefficient (Wildman–Crippen LogP) is 6.16. The Hall–Kier alpha value is -2.92. The van der Waals surface area contributed by atoms with Crippen LogP contribution in [0.4, 0.5) is 16.2 Å². The number of nitrogens with zero attached hydrogens (tertiary/aromatic N) is 1. The van der Waals surface area contributed by atoms with Crippen molar-refractivity contribution >= 4 is 29.2 Å². The first-order chi connectivity index (χ1) is 13.7. The number of para-hydroxylation sites is 2. The topological polar surface area (TPSA) is 41.6 Å². The lowest BCUT2D eigenvalue weighted by atomic mass is 10.1. The number of hydrogen-bond donors (Lipinski definition) is 1. The quantitative estimate of drug-likeness (QED) is 0.580. The molecule has 0 bridgehead atoms. The molecule has 0 aromatic heterocycles. The summed E-state index contributed by atoms with van der Waals surface area (Å²) in [6.07, 6.45) is 0. The number of carbonyl (C=O) groups is 1. The number of benzene rings is 3. The van der Waals surface area contributed by atoms with Crippen LogP contribution in [0.3, 0.4) is 0 Å². The molecule has 28 heavy (non-hydrogen) atoms. The summed E-state index contributed by atoms with van der Waals surface area (Å²) in [6.45, 7) is 4.59. The standard InChI is InChI=1S/C23H22N2O2S/c1-3-27-18-14-12-17(13-15-18)16(2)24-23(26)25-19-8-4-6-10-21(19)28-22-11-7-5-9-20(22)25/h4-16H,3H2,1-2H3,(H,24,26)/t16-/m1/s1. The normalized spacial score (nSPS) is 13.3. The molecule has 1 atom stereocenters. The molecule has 0 unspecified atom stereocenters. The summed E-state index contributed by atoms with van der Waals surface area (Å²) in [7, 11) is 0. The Morgan fingerprint density at radius 2 is 1.54 bits per heavy atom. The molecule has 0 aliphatic carbocycles. The number of fused-ring (bicyclic) bond motifs is 2. The fourth-order valence-electron chi connectivity index (χ4n) is 3.28. The van der Waals surface area contributed by atoms with Crippen molar-refractivity contribution < 1.29 is 9.53 Å². The van der Waals surface area contributed by atoms with Crippen LogP contribution in [0.2, 0.25) is 0 Å². The third kappa shape index (κ3) is 3.58. The zero-order chi connectivity index (χ0) is 19.5. The van der Waals surface area contributed by atoms with Crippen LogP contribution >= 0.6 is 11.8 Å². The van der Waals surface area contributed by atoms with Gasteiger partial charge in [-0.1, -0.05) is 48.2 Å². The number of anilines is 2. The summed E-state index contributed by atoms with van der Waals surface area (Å²) in [5, 5.41) is 3.14. The molecule has 4 rings (SSSR count). The molecule has 1 N–H and O–H groups in total. The summed E-state index contributed by atoms with van der Waals surface area (Å²) < 4.78 is 5.50. The third-order valence-corrected chi connectivity index (χ3v) is 5.80. The number of carbonyl (C=O) groups excluding carboxylic acids is 1. The van der Waals surface area contributed by atoms with Crippen LogP contribution < -0.4 is 15.0 Å². The lowest BCUT2D eigenvalue weighted by Crippen LogP contribution is -2.39. The van der Waals surface area contributed by atoms with Gasteiger partial charge in [0.05, 0.1) is 24.0 Å². The van der Waals surface area contributed by atoms with Gasteiger partial charge in [0.25, 0.3) is 0 Å². The lowest BCUT2D eigenvalue weighted by molar-refractivity contribution is 0.245. The predicted molar refractivity (Wildman–Crippen MR) is 114 cm³/mol. The van der Waals surface area contributed by atoms with Crippen molar-refractivity contribution in [3.05, 3.63) is 78.4 Å². The second-order valence-corrected chi connectivity index (χ2v) is 7.63. The molecule has 3 aromatic carbocycles. The molecule has 2 amide bonds. The van der Waals surface area contributed by atoms with Crippen molar-refractivity contribution in [2.75, 3.05) is 11.5 Å². The Bertz CT molecular complexity index is 942. The maximum absolute atomic E-state index is 13.3. The van der Waals surface area contributed by atoms with E-state index in [0.717, 1.165) is 32.5 Å². The molecule has 1 aliphatic rings. The molecule has 0 spiro atoms. The van der Waals surface area contributed by atoms with E-state index in [0.29, 0.717) is 6.61 Å². The van der Waals surface area contributed by atoms with E-state index in [1.165, 1.54) is 0 Å². The van der Waals surface area contributed by atoms with Gasteiger partial charge in [0, 0.05) is 9.79 Å². The third-order valence-electron chi connectivity index (χ3n) is 4.67. The van der Waals surface area contributed by atoms with Crippen molar-refractivity contribution in [2.45, 2.75) is 29.7 Å². The smallest absolute Gasteiger partial charge is 0.327 e. The number of hydrogen-bond acceptors (Lipinski definition) is 3. The van der Waals surface area contributed by atoms with Crippen molar-refractivity contribution in [1.82, 2.24) is 5.32 Å². The van der Waals surface area contributed by atoms with Crippen molar-refractivity contribution in [2.24, 2.45) is 0 Å². The number of rotatable bonds is 4. The van der Waals surface area contributed by atoms with E-state index >= 15 is 0 Å². The molecule has 142 valence electrons. The van der Waals surface area contributed by atoms with Crippen molar-refractivity contribution in [3.8, 4) is 5.75 Å². The number of nitrogens with one attached hydrogen (secondary N) is 1. The first kappa shape index (κ1) is 18.4. The summed E-state index contributed by atoms with van der Waals surface area (Å²) >= 11 is 1.69. The lowest BCUT2D eigenvalue weighted by Gasteiger charge is -2.32. The molecule has 0 saturated carbocycles. The van der Waals surface area contributed by atoms with Gasteiger partial charge >= 0.3 is 6.03 Å². The monoisotopic (exact) mass is 390 g/mol. The van der Waals surface area contributed by atoms with Crippen molar-refractivity contribution in [3.63, 3.8) is 0 Å². The summed E-state index contributed by atoms with van der Waals surface area (Å²) in [5.74, 6) is 0.834. The van der Waals surface area contributed by atoms with E-state index in [1.807, 2.05) is 86.6 Å². The second kappa shape index (κ2) is 7.98. The minimum absolute atomic E-state index is 0.128. The van der Waals surface area contributed by atoms with Crippen LogP contribution in [-0.4, -0.2) is 12.6 Å². The first-order valence-electron chi connectivity index (χ1n) is 9.36. The fourth-order valence-corrected chi connectivity index (χ4v) is 4.33. The van der Waals surface area contributed by atoms with E-state index < -0.39 is 0 Å². The SMILES string of the molecule is CCOc1ccc([C@@H](C)NC(=O)N2c3ccccc3Sc3ccccc32)cc1. The maximum Gasteiger partial charge on any atom is 0.327 e. The van der Waals surface area contributed by atoms with E-state index in [4.69, 9.17) is 4.74 Å². The summed E-state index contributed by atoms with van der Waals surface area (Å²) in [6, 6.07) is 23.6. The molecule has 0 radical (unpaired) electrons. The van der Waals surface area contributed by atoms with E-state index in [9.17, 15) is 4.79 Å². The number of amides is 2. The van der Waals surface area contributed by atoms with Crippen LogP contribution in [0, 0.1) is 0 Å². The Balaban J connectivity index is 1.59. The zero-order valence-electron chi connectivity index (χ0n) is 15.9.